The lowest BCUT2D eigenvalue weighted by atomic mass is 10.1. The lowest BCUT2D eigenvalue weighted by molar-refractivity contribution is 0.0697. The molecule has 3 aromatic rings. The predicted octanol–water partition coefficient (Wildman–Crippen LogP) is 2.60. The first-order valence-electron chi connectivity index (χ1n) is 7.34. The Labute approximate surface area is 132 Å². The van der Waals surface area contributed by atoms with E-state index in [2.05, 4.69) is 10.3 Å². The summed E-state index contributed by atoms with van der Waals surface area (Å²) in [5.74, 6) is 0.0396. The van der Waals surface area contributed by atoms with Crippen molar-refractivity contribution in [3.8, 4) is 16.9 Å². The summed E-state index contributed by atoms with van der Waals surface area (Å²) in [7, 11) is 0. The van der Waals surface area contributed by atoms with Gasteiger partial charge in [-0.25, -0.2) is 9.48 Å². The third kappa shape index (κ3) is 2.24. The van der Waals surface area contributed by atoms with Crippen molar-refractivity contribution < 1.29 is 9.90 Å². The summed E-state index contributed by atoms with van der Waals surface area (Å²) in [6, 6.07) is 10.6. The second kappa shape index (κ2) is 5.24. The molecule has 4 rings (SSSR count). The standard InChI is InChI=1S/C17H14N4O2/c22-17(23)12-1-3-13(4-2-12)21-16-14(7-10-19-16)15(20-21)11-5-8-18-9-6-11/h1-6,8-9,19H,7,10H2,(H,22,23). The van der Waals surface area contributed by atoms with Gasteiger partial charge < -0.3 is 10.4 Å². The first-order valence-corrected chi connectivity index (χ1v) is 7.34. The second-order valence-corrected chi connectivity index (χ2v) is 5.35. The van der Waals surface area contributed by atoms with E-state index in [4.69, 9.17) is 10.2 Å². The number of nitrogens with zero attached hydrogens (tertiary/aromatic N) is 3. The lowest BCUT2D eigenvalue weighted by Gasteiger charge is -2.06. The molecule has 0 bridgehead atoms. The van der Waals surface area contributed by atoms with Crippen molar-refractivity contribution in [3.05, 3.63) is 59.9 Å². The van der Waals surface area contributed by atoms with Crippen molar-refractivity contribution >= 4 is 11.8 Å². The van der Waals surface area contributed by atoms with E-state index >= 15 is 0 Å². The highest BCUT2D eigenvalue weighted by Gasteiger charge is 2.23. The van der Waals surface area contributed by atoms with Crippen molar-refractivity contribution in [1.82, 2.24) is 14.8 Å². The monoisotopic (exact) mass is 306 g/mol. The van der Waals surface area contributed by atoms with Crippen LogP contribution in [0.3, 0.4) is 0 Å². The van der Waals surface area contributed by atoms with Gasteiger partial charge in [0.25, 0.3) is 0 Å². The summed E-state index contributed by atoms with van der Waals surface area (Å²) in [6.07, 6.45) is 4.43. The third-order valence-electron chi connectivity index (χ3n) is 3.96. The average Bonchev–Trinajstić information content (AvgIpc) is 3.18. The van der Waals surface area contributed by atoms with Crippen molar-refractivity contribution in [2.24, 2.45) is 0 Å². The van der Waals surface area contributed by atoms with Gasteiger partial charge in [-0.15, -0.1) is 0 Å². The number of fused-ring (bicyclic) bond motifs is 1. The minimum atomic E-state index is -0.933. The molecule has 0 amide bonds. The van der Waals surface area contributed by atoms with Crippen LogP contribution in [0.2, 0.25) is 0 Å². The molecule has 0 atom stereocenters. The molecular weight excluding hydrogens is 292 g/mol. The molecule has 2 aromatic heterocycles. The van der Waals surface area contributed by atoms with E-state index in [1.807, 2.05) is 16.8 Å². The Kier molecular flexibility index (Phi) is 3.08. The number of aromatic carboxylic acids is 1. The molecule has 0 unspecified atom stereocenters. The van der Waals surface area contributed by atoms with Crippen LogP contribution in [0.4, 0.5) is 5.82 Å². The van der Waals surface area contributed by atoms with E-state index < -0.39 is 5.97 Å². The molecule has 6 nitrogen and oxygen atoms in total. The number of hydrogen-bond donors (Lipinski definition) is 2. The molecule has 23 heavy (non-hydrogen) atoms. The molecular formula is C17H14N4O2. The molecule has 1 aliphatic heterocycles. The maximum Gasteiger partial charge on any atom is 0.335 e. The van der Waals surface area contributed by atoms with Gasteiger partial charge in [-0.3, -0.25) is 4.98 Å². The lowest BCUT2D eigenvalue weighted by Crippen LogP contribution is -2.05. The molecule has 0 fully saturated rings. The van der Waals surface area contributed by atoms with Crippen LogP contribution in [0, 0.1) is 0 Å². The van der Waals surface area contributed by atoms with Gasteiger partial charge in [0.05, 0.1) is 16.9 Å². The minimum absolute atomic E-state index is 0.264. The number of benzene rings is 1. The Hall–Kier alpha value is -3.15. The molecule has 0 saturated carbocycles. The van der Waals surface area contributed by atoms with E-state index in [0.717, 1.165) is 35.7 Å². The first kappa shape index (κ1) is 13.5. The molecule has 2 N–H and O–H groups in total. The molecule has 1 aromatic carbocycles. The fourth-order valence-corrected chi connectivity index (χ4v) is 2.85. The van der Waals surface area contributed by atoms with Gasteiger partial charge in [0, 0.05) is 30.1 Å². The number of anilines is 1. The molecule has 0 saturated heterocycles. The maximum atomic E-state index is 11.0. The van der Waals surface area contributed by atoms with Gasteiger partial charge in [0.2, 0.25) is 0 Å². The summed E-state index contributed by atoms with van der Waals surface area (Å²) in [5.41, 5.74) is 4.25. The number of carboxylic acids is 1. The number of carboxylic acid groups (broad SMARTS) is 1. The Bertz CT molecular complexity index is 870. The van der Waals surface area contributed by atoms with E-state index in [-0.39, 0.29) is 5.56 Å². The Morgan fingerprint density at radius 1 is 1.13 bits per heavy atom. The van der Waals surface area contributed by atoms with E-state index in [0.29, 0.717) is 0 Å². The fourth-order valence-electron chi connectivity index (χ4n) is 2.85. The number of carbonyl (C=O) groups is 1. The van der Waals surface area contributed by atoms with Crippen LogP contribution >= 0.6 is 0 Å². The Morgan fingerprint density at radius 2 is 1.87 bits per heavy atom. The molecule has 1 aliphatic rings. The van der Waals surface area contributed by atoms with Crippen molar-refractivity contribution in [1.29, 1.82) is 0 Å². The molecule has 114 valence electrons. The van der Waals surface area contributed by atoms with Crippen molar-refractivity contribution in [2.75, 3.05) is 11.9 Å². The number of aromatic nitrogens is 3. The normalized spacial score (nSPS) is 12.7. The molecule has 0 radical (unpaired) electrons. The van der Waals surface area contributed by atoms with Gasteiger partial charge in [-0.2, -0.15) is 5.10 Å². The van der Waals surface area contributed by atoms with Crippen LogP contribution in [-0.2, 0) is 6.42 Å². The molecule has 0 spiro atoms. The molecule has 3 heterocycles. The minimum Gasteiger partial charge on any atom is -0.478 e. The summed E-state index contributed by atoms with van der Waals surface area (Å²) in [5, 5.41) is 17.1. The Morgan fingerprint density at radius 3 is 2.57 bits per heavy atom. The highest BCUT2D eigenvalue weighted by atomic mass is 16.4. The van der Waals surface area contributed by atoms with Gasteiger partial charge >= 0.3 is 5.97 Å². The topological polar surface area (TPSA) is 80.0 Å². The van der Waals surface area contributed by atoms with Crippen LogP contribution in [-0.4, -0.2) is 32.4 Å². The van der Waals surface area contributed by atoms with Crippen LogP contribution < -0.4 is 5.32 Å². The number of hydrogen-bond acceptors (Lipinski definition) is 4. The van der Waals surface area contributed by atoms with Crippen LogP contribution in [0.15, 0.2) is 48.8 Å². The maximum absolute atomic E-state index is 11.0. The summed E-state index contributed by atoms with van der Waals surface area (Å²) >= 11 is 0. The zero-order chi connectivity index (χ0) is 15.8. The zero-order valence-corrected chi connectivity index (χ0v) is 12.2. The van der Waals surface area contributed by atoms with Gasteiger partial charge in [-0.1, -0.05) is 0 Å². The highest BCUT2D eigenvalue weighted by molar-refractivity contribution is 5.87. The summed E-state index contributed by atoms with van der Waals surface area (Å²) < 4.78 is 1.84. The SMILES string of the molecule is O=C(O)c1ccc(-n2nc(-c3ccncc3)c3c2NCC3)cc1. The Balaban J connectivity index is 1.82. The van der Waals surface area contributed by atoms with Gasteiger partial charge in [0.15, 0.2) is 0 Å². The average molecular weight is 306 g/mol. The quantitative estimate of drug-likeness (QED) is 0.777. The molecule has 6 heteroatoms. The highest BCUT2D eigenvalue weighted by Crippen LogP contribution is 2.34. The van der Waals surface area contributed by atoms with E-state index in [9.17, 15) is 4.79 Å². The second-order valence-electron chi connectivity index (χ2n) is 5.35. The van der Waals surface area contributed by atoms with Crippen LogP contribution in [0.25, 0.3) is 16.9 Å². The number of nitrogens with one attached hydrogen (secondary N) is 1. The van der Waals surface area contributed by atoms with Crippen LogP contribution in [0.1, 0.15) is 15.9 Å². The number of rotatable bonds is 3. The predicted molar refractivity (Wildman–Crippen MR) is 85.9 cm³/mol. The number of pyridine rings is 1. The molecule has 0 aliphatic carbocycles. The summed E-state index contributed by atoms with van der Waals surface area (Å²) in [6.45, 7) is 0.873. The summed E-state index contributed by atoms with van der Waals surface area (Å²) in [4.78, 5) is 15.0. The van der Waals surface area contributed by atoms with Crippen LogP contribution in [0.5, 0.6) is 0 Å². The van der Waals surface area contributed by atoms with Crippen molar-refractivity contribution in [3.63, 3.8) is 0 Å². The van der Waals surface area contributed by atoms with Gasteiger partial charge in [0.1, 0.15) is 5.82 Å². The smallest absolute Gasteiger partial charge is 0.335 e. The van der Waals surface area contributed by atoms with E-state index in [1.165, 1.54) is 5.56 Å². The zero-order valence-electron chi connectivity index (χ0n) is 12.2. The fraction of sp³-hybridized carbons (Fsp3) is 0.118. The first-order chi connectivity index (χ1) is 11.2. The van der Waals surface area contributed by atoms with E-state index in [1.54, 1.807) is 36.7 Å². The van der Waals surface area contributed by atoms with Crippen molar-refractivity contribution in [2.45, 2.75) is 6.42 Å². The largest absolute Gasteiger partial charge is 0.478 e. The van der Waals surface area contributed by atoms with Gasteiger partial charge in [-0.05, 0) is 42.8 Å². The third-order valence-corrected chi connectivity index (χ3v) is 3.96.